The standard InChI is InChI=1S/C36H45ClN2O9/c1-20(2)15-30-36(44)46-28(22(4)32-33(48-32)25-12-9-23(19-40)10-13-25)7-6-8-31(41)39-27(34(42)38-18-21(3)35(43)47-30)17-24-11-14-29(45-5)26(37)16-24/h6,8-14,16,20-22,27-28,30,32-33,40H,7,15,17-19H2,1-5H3,(H,38,42)(H,39,41)/b8-6+/t21-,22+,27-,28+,30+,32-,33+/m1/s1. The van der Waals surface area contributed by atoms with E-state index in [1.807, 2.05) is 45.0 Å². The molecule has 0 aliphatic carbocycles. The maximum absolute atomic E-state index is 13.5. The SMILES string of the molecule is COc1ccc(C[C@H]2NC(=O)/C=C/C[C@@H]([C@H](C)[C@H]3O[C@H]3c3ccc(CO)cc3)OC(=O)[C@H](CC(C)C)OC(=O)[C@H](C)CNC2=O)cc1Cl. The Morgan fingerprint density at radius 1 is 1.00 bits per heavy atom. The van der Waals surface area contributed by atoms with Gasteiger partial charge >= 0.3 is 11.9 Å². The number of ether oxygens (including phenoxy) is 4. The maximum atomic E-state index is 13.5. The van der Waals surface area contributed by atoms with Gasteiger partial charge in [0.1, 0.15) is 24.0 Å². The zero-order valence-electron chi connectivity index (χ0n) is 27.9. The molecule has 0 unspecified atom stereocenters. The second-order valence-corrected chi connectivity index (χ2v) is 13.2. The number of esters is 2. The third-order valence-corrected chi connectivity index (χ3v) is 8.80. The van der Waals surface area contributed by atoms with Crippen LogP contribution in [0.15, 0.2) is 54.6 Å². The van der Waals surface area contributed by atoms with Gasteiger partial charge in [-0.15, -0.1) is 0 Å². The molecule has 0 bridgehead atoms. The van der Waals surface area contributed by atoms with Gasteiger partial charge in [0.2, 0.25) is 11.8 Å². The molecule has 260 valence electrons. The number of carbonyl (C=O) groups is 4. The maximum Gasteiger partial charge on any atom is 0.347 e. The van der Waals surface area contributed by atoms with Crippen LogP contribution < -0.4 is 15.4 Å². The highest BCUT2D eigenvalue weighted by molar-refractivity contribution is 6.32. The van der Waals surface area contributed by atoms with Gasteiger partial charge < -0.3 is 34.7 Å². The van der Waals surface area contributed by atoms with Crippen LogP contribution in [-0.4, -0.2) is 66.9 Å². The molecule has 2 heterocycles. The number of amides is 2. The van der Waals surface area contributed by atoms with E-state index in [1.54, 1.807) is 31.2 Å². The molecule has 48 heavy (non-hydrogen) atoms. The summed E-state index contributed by atoms with van der Waals surface area (Å²) in [7, 11) is 1.50. The number of hydrogen-bond donors (Lipinski definition) is 3. The number of hydrogen-bond acceptors (Lipinski definition) is 9. The number of epoxide rings is 1. The van der Waals surface area contributed by atoms with E-state index in [0.29, 0.717) is 16.3 Å². The molecule has 0 spiro atoms. The minimum atomic E-state index is -1.15. The van der Waals surface area contributed by atoms with Gasteiger partial charge in [-0.05, 0) is 47.2 Å². The summed E-state index contributed by atoms with van der Waals surface area (Å²) < 4.78 is 22.9. The fourth-order valence-corrected chi connectivity index (χ4v) is 5.84. The average Bonchev–Trinajstić information content (AvgIpc) is 3.86. The van der Waals surface area contributed by atoms with E-state index in [4.69, 9.17) is 30.5 Å². The first-order valence-corrected chi connectivity index (χ1v) is 16.6. The van der Waals surface area contributed by atoms with Gasteiger partial charge in [0.15, 0.2) is 6.10 Å². The van der Waals surface area contributed by atoms with Crippen LogP contribution in [0.4, 0.5) is 0 Å². The summed E-state index contributed by atoms with van der Waals surface area (Å²) in [6, 6.07) is 11.6. The molecule has 12 heteroatoms. The largest absolute Gasteiger partial charge is 0.495 e. The molecule has 7 atom stereocenters. The number of benzene rings is 2. The molecule has 1 fully saturated rings. The van der Waals surface area contributed by atoms with E-state index in [2.05, 4.69) is 10.6 Å². The Morgan fingerprint density at radius 2 is 1.71 bits per heavy atom. The fourth-order valence-electron chi connectivity index (χ4n) is 5.56. The van der Waals surface area contributed by atoms with Crippen molar-refractivity contribution in [2.75, 3.05) is 13.7 Å². The number of halogens is 1. The molecule has 2 aromatic rings. The van der Waals surface area contributed by atoms with Crippen molar-refractivity contribution in [2.45, 2.75) is 84.0 Å². The van der Waals surface area contributed by atoms with E-state index in [1.165, 1.54) is 13.2 Å². The van der Waals surface area contributed by atoms with Crippen molar-refractivity contribution in [3.05, 3.63) is 76.3 Å². The van der Waals surface area contributed by atoms with Crippen molar-refractivity contribution in [1.29, 1.82) is 0 Å². The lowest BCUT2D eigenvalue weighted by Gasteiger charge is -2.27. The number of cyclic esters (lactones) is 2. The molecule has 0 saturated carbocycles. The molecular weight excluding hydrogens is 640 g/mol. The normalized spacial score (nSPS) is 26.9. The topological polar surface area (TPSA) is 153 Å². The summed E-state index contributed by atoms with van der Waals surface area (Å²) in [6.07, 6.45) is 1.08. The van der Waals surface area contributed by atoms with Gasteiger partial charge in [-0.3, -0.25) is 14.4 Å². The molecule has 0 radical (unpaired) electrons. The Kier molecular flexibility index (Phi) is 13.0. The lowest BCUT2D eigenvalue weighted by atomic mass is 9.93. The Morgan fingerprint density at radius 3 is 2.35 bits per heavy atom. The molecule has 1 saturated heterocycles. The van der Waals surface area contributed by atoms with Gasteiger partial charge in [-0.2, -0.15) is 0 Å². The van der Waals surface area contributed by atoms with Gasteiger partial charge in [0.05, 0.1) is 30.8 Å². The van der Waals surface area contributed by atoms with E-state index in [0.717, 1.165) is 11.1 Å². The lowest BCUT2D eigenvalue weighted by molar-refractivity contribution is -0.176. The van der Waals surface area contributed by atoms with E-state index in [9.17, 15) is 24.3 Å². The summed E-state index contributed by atoms with van der Waals surface area (Å²) >= 11 is 6.30. The summed E-state index contributed by atoms with van der Waals surface area (Å²) in [4.78, 5) is 53.1. The minimum Gasteiger partial charge on any atom is -0.495 e. The molecular formula is C36H45ClN2O9. The zero-order valence-corrected chi connectivity index (χ0v) is 28.7. The Labute approximate surface area is 286 Å². The second kappa shape index (κ2) is 16.9. The number of carbonyl (C=O) groups excluding carboxylic acids is 4. The molecule has 4 rings (SSSR count). The highest BCUT2D eigenvalue weighted by atomic mass is 35.5. The van der Waals surface area contributed by atoms with Crippen LogP contribution >= 0.6 is 11.6 Å². The summed E-state index contributed by atoms with van der Waals surface area (Å²) in [6.45, 7) is 7.17. The van der Waals surface area contributed by atoms with Crippen molar-refractivity contribution in [2.24, 2.45) is 17.8 Å². The number of aliphatic hydroxyl groups is 1. The van der Waals surface area contributed by atoms with Gasteiger partial charge in [0.25, 0.3) is 0 Å². The fraction of sp³-hybridized carbons (Fsp3) is 0.500. The number of rotatable bonds is 9. The third-order valence-electron chi connectivity index (χ3n) is 8.51. The van der Waals surface area contributed by atoms with Crippen LogP contribution in [0.5, 0.6) is 5.75 Å². The first-order chi connectivity index (χ1) is 22.9. The van der Waals surface area contributed by atoms with Gasteiger partial charge in [-0.1, -0.05) is 75.7 Å². The van der Waals surface area contributed by atoms with E-state index in [-0.39, 0.29) is 56.5 Å². The number of nitrogens with one attached hydrogen (secondary N) is 2. The lowest BCUT2D eigenvalue weighted by Crippen LogP contribution is -2.49. The predicted molar refractivity (Wildman–Crippen MR) is 178 cm³/mol. The van der Waals surface area contributed by atoms with Gasteiger partial charge in [-0.25, -0.2) is 4.79 Å². The van der Waals surface area contributed by atoms with Crippen LogP contribution in [0.3, 0.4) is 0 Å². The third kappa shape index (κ3) is 10.0. The minimum absolute atomic E-state index is 0.0145. The van der Waals surface area contributed by atoms with Crippen LogP contribution in [0.1, 0.15) is 63.3 Å². The summed E-state index contributed by atoms with van der Waals surface area (Å²) in [5.74, 6) is -2.95. The van der Waals surface area contributed by atoms with Crippen molar-refractivity contribution >= 4 is 35.4 Å². The Bertz CT molecular complexity index is 1480. The molecule has 0 aromatic heterocycles. The first-order valence-electron chi connectivity index (χ1n) is 16.2. The summed E-state index contributed by atoms with van der Waals surface area (Å²) in [5.41, 5.74) is 2.41. The Balaban J connectivity index is 1.58. The number of aliphatic hydroxyl groups excluding tert-OH is 1. The highest BCUT2D eigenvalue weighted by Crippen LogP contribution is 2.45. The predicted octanol–water partition coefficient (Wildman–Crippen LogP) is 4.23. The molecule has 2 aliphatic heterocycles. The van der Waals surface area contributed by atoms with Crippen LogP contribution in [0.25, 0.3) is 0 Å². The smallest absolute Gasteiger partial charge is 0.347 e. The molecule has 3 N–H and O–H groups in total. The van der Waals surface area contributed by atoms with Crippen molar-refractivity contribution in [3.8, 4) is 5.75 Å². The van der Waals surface area contributed by atoms with Crippen molar-refractivity contribution < 1.29 is 43.2 Å². The highest BCUT2D eigenvalue weighted by Gasteiger charge is 2.47. The van der Waals surface area contributed by atoms with Crippen molar-refractivity contribution in [1.82, 2.24) is 10.6 Å². The summed E-state index contributed by atoms with van der Waals surface area (Å²) in [5, 5.41) is 15.2. The van der Waals surface area contributed by atoms with Crippen LogP contribution in [0.2, 0.25) is 5.02 Å². The van der Waals surface area contributed by atoms with Gasteiger partial charge in [0, 0.05) is 25.3 Å². The molecule has 2 amide bonds. The molecule has 11 nitrogen and oxygen atoms in total. The zero-order chi connectivity index (χ0) is 35.0. The second-order valence-electron chi connectivity index (χ2n) is 12.8. The van der Waals surface area contributed by atoms with E-state index < -0.39 is 47.9 Å². The van der Waals surface area contributed by atoms with Crippen molar-refractivity contribution in [3.63, 3.8) is 0 Å². The Hall–Kier alpha value is -3.93. The van der Waals surface area contributed by atoms with Crippen LogP contribution in [0, 0.1) is 17.8 Å². The van der Waals surface area contributed by atoms with E-state index >= 15 is 0 Å². The monoisotopic (exact) mass is 684 g/mol. The average molecular weight is 685 g/mol. The first kappa shape index (κ1) is 36.9. The number of methoxy groups -OCH3 is 1. The van der Waals surface area contributed by atoms with Crippen LogP contribution in [-0.2, 0) is 46.4 Å². The quantitative estimate of drug-likeness (QED) is 0.260. The molecule has 2 aromatic carbocycles. The molecule has 2 aliphatic rings.